The normalized spacial score (nSPS) is 10.8. The van der Waals surface area contributed by atoms with Gasteiger partial charge in [0.1, 0.15) is 18.2 Å². The van der Waals surface area contributed by atoms with Crippen LogP contribution in [0.3, 0.4) is 0 Å². The molecule has 1 aromatic heterocycles. The Hall–Kier alpha value is -1.83. The van der Waals surface area contributed by atoms with Crippen molar-refractivity contribution in [3.05, 3.63) is 81.8 Å². The molecular weight excluding hydrogens is 453 g/mol. The Morgan fingerprint density at radius 1 is 1.26 bits per heavy atom. The molecule has 1 heterocycles. The number of ether oxygens (including phenoxy) is 1. The highest BCUT2D eigenvalue weighted by molar-refractivity contribution is 9.10. The Morgan fingerprint density at radius 3 is 2.85 bits per heavy atom. The van der Waals surface area contributed by atoms with Gasteiger partial charge in [0.15, 0.2) is 11.0 Å². The number of hydrogen-bond donors (Lipinski definition) is 0. The first-order valence-electron chi connectivity index (χ1n) is 8.05. The highest BCUT2D eigenvalue weighted by Crippen LogP contribution is 2.27. The third-order valence-corrected chi connectivity index (χ3v) is 5.44. The average Bonchev–Trinajstić information content (AvgIpc) is 3.01. The van der Waals surface area contributed by atoms with Crippen molar-refractivity contribution in [1.29, 1.82) is 0 Å². The van der Waals surface area contributed by atoms with Gasteiger partial charge in [-0.05, 0) is 35.9 Å². The van der Waals surface area contributed by atoms with Gasteiger partial charge in [0.25, 0.3) is 0 Å². The van der Waals surface area contributed by atoms with Gasteiger partial charge in [0.2, 0.25) is 0 Å². The van der Waals surface area contributed by atoms with Gasteiger partial charge in [-0.1, -0.05) is 57.5 Å². The fourth-order valence-corrected chi connectivity index (χ4v) is 3.93. The molecule has 0 atom stereocenters. The molecule has 0 unspecified atom stereocenters. The van der Waals surface area contributed by atoms with Crippen LogP contribution in [0.15, 0.2) is 64.7 Å². The molecule has 140 valence electrons. The molecule has 0 saturated heterocycles. The summed E-state index contributed by atoms with van der Waals surface area (Å²) in [5.74, 6) is 1.40. The van der Waals surface area contributed by atoms with Crippen molar-refractivity contribution in [3.8, 4) is 5.75 Å². The van der Waals surface area contributed by atoms with Gasteiger partial charge in [-0.25, -0.2) is 4.39 Å². The van der Waals surface area contributed by atoms with E-state index in [1.807, 2.05) is 16.7 Å². The zero-order chi connectivity index (χ0) is 19.2. The maximum atomic E-state index is 13.1. The van der Waals surface area contributed by atoms with Gasteiger partial charge in [-0.3, -0.25) is 4.57 Å². The molecule has 0 aliphatic rings. The molecular formula is C19H16BrClFN3OS. The molecule has 0 saturated carbocycles. The first-order chi connectivity index (χ1) is 13.1. The van der Waals surface area contributed by atoms with Gasteiger partial charge in [-0.15, -0.1) is 16.8 Å². The SMILES string of the molecule is C=CCn1c(COc2ccc(F)cc2Cl)nnc1SCc1cccc(Br)c1. The highest BCUT2D eigenvalue weighted by atomic mass is 79.9. The van der Waals surface area contributed by atoms with Crippen molar-refractivity contribution in [1.82, 2.24) is 14.8 Å². The van der Waals surface area contributed by atoms with E-state index in [0.717, 1.165) is 15.4 Å². The summed E-state index contributed by atoms with van der Waals surface area (Å²) < 4.78 is 21.8. The maximum absolute atomic E-state index is 13.1. The quantitative estimate of drug-likeness (QED) is 0.305. The minimum Gasteiger partial charge on any atom is -0.484 e. The van der Waals surface area contributed by atoms with E-state index in [0.29, 0.717) is 18.1 Å². The lowest BCUT2D eigenvalue weighted by Gasteiger charge is -2.10. The number of aromatic nitrogens is 3. The average molecular weight is 469 g/mol. The number of benzene rings is 2. The Labute approximate surface area is 174 Å². The van der Waals surface area contributed by atoms with Crippen LogP contribution >= 0.6 is 39.3 Å². The number of halogens is 3. The molecule has 0 spiro atoms. The van der Waals surface area contributed by atoms with E-state index < -0.39 is 5.82 Å². The van der Waals surface area contributed by atoms with Crippen LogP contribution < -0.4 is 4.74 Å². The van der Waals surface area contributed by atoms with Crippen molar-refractivity contribution in [2.45, 2.75) is 24.1 Å². The number of allylic oxidation sites excluding steroid dienone is 1. The van der Waals surface area contributed by atoms with Crippen LogP contribution in [0, 0.1) is 5.82 Å². The number of thioether (sulfide) groups is 1. The topological polar surface area (TPSA) is 39.9 Å². The molecule has 2 aromatic carbocycles. The van der Waals surface area contributed by atoms with E-state index in [4.69, 9.17) is 16.3 Å². The van der Waals surface area contributed by atoms with E-state index in [-0.39, 0.29) is 11.6 Å². The summed E-state index contributed by atoms with van der Waals surface area (Å²) in [5, 5.41) is 9.48. The number of rotatable bonds is 8. The zero-order valence-electron chi connectivity index (χ0n) is 14.2. The van der Waals surface area contributed by atoms with Crippen molar-refractivity contribution in [3.63, 3.8) is 0 Å². The fourth-order valence-electron chi connectivity index (χ4n) is 2.35. The third kappa shape index (κ3) is 5.34. The summed E-state index contributed by atoms with van der Waals surface area (Å²) in [6.07, 6.45) is 1.78. The summed E-state index contributed by atoms with van der Waals surface area (Å²) >= 11 is 11.1. The zero-order valence-corrected chi connectivity index (χ0v) is 17.4. The van der Waals surface area contributed by atoms with Gasteiger partial charge in [0.05, 0.1) is 5.02 Å². The van der Waals surface area contributed by atoms with Crippen molar-refractivity contribution in [2.24, 2.45) is 0 Å². The highest BCUT2D eigenvalue weighted by Gasteiger charge is 2.13. The van der Waals surface area contributed by atoms with Crippen molar-refractivity contribution in [2.75, 3.05) is 0 Å². The molecule has 3 aromatic rings. The van der Waals surface area contributed by atoms with Gasteiger partial charge < -0.3 is 4.74 Å². The first-order valence-corrected chi connectivity index (χ1v) is 10.2. The lowest BCUT2D eigenvalue weighted by atomic mass is 10.2. The minimum absolute atomic E-state index is 0.170. The Balaban J connectivity index is 1.71. The predicted octanol–water partition coefficient (Wildman–Crippen LogP) is 5.89. The molecule has 3 rings (SSSR count). The summed E-state index contributed by atoms with van der Waals surface area (Å²) in [7, 11) is 0. The smallest absolute Gasteiger partial charge is 0.191 e. The Bertz CT molecular complexity index is 950. The predicted molar refractivity (Wildman–Crippen MR) is 110 cm³/mol. The Kier molecular flexibility index (Phi) is 6.93. The lowest BCUT2D eigenvalue weighted by Crippen LogP contribution is -2.07. The van der Waals surface area contributed by atoms with Crippen molar-refractivity contribution >= 4 is 39.3 Å². The second kappa shape index (κ2) is 9.39. The molecule has 0 aliphatic heterocycles. The first kappa shape index (κ1) is 19.9. The second-order valence-electron chi connectivity index (χ2n) is 5.58. The molecule has 4 nitrogen and oxygen atoms in total. The van der Waals surface area contributed by atoms with Crippen LogP contribution in [0.25, 0.3) is 0 Å². The fraction of sp³-hybridized carbons (Fsp3) is 0.158. The summed E-state index contributed by atoms with van der Waals surface area (Å²) in [6.45, 7) is 4.52. The van der Waals surface area contributed by atoms with Gasteiger partial charge in [-0.2, -0.15) is 0 Å². The molecule has 8 heteroatoms. The van der Waals surface area contributed by atoms with Crippen LogP contribution in [0.4, 0.5) is 4.39 Å². The monoisotopic (exact) mass is 467 g/mol. The summed E-state index contributed by atoms with van der Waals surface area (Å²) in [6, 6.07) is 12.1. The molecule has 0 aliphatic carbocycles. The molecule has 0 amide bonds. The molecule has 27 heavy (non-hydrogen) atoms. The molecule has 0 bridgehead atoms. The van der Waals surface area contributed by atoms with Crippen LogP contribution in [0.5, 0.6) is 5.75 Å². The summed E-state index contributed by atoms with van der Waals surface area (Å²) in [4.78, 5) is 0. The van der Waals surface area contributed by atoms with Gasteiger partial charge in [0, 0.05) is 16.8 Å². The number of hydrogen-bond acceptors (Lipinski definition) is 4. The largest absolute Gasteiger partial charge is 0.484 e. The summed E-state index contributed by atoms with van der Waals surface area (Å²) in [5.41, 5.74) is 1.18. The van der Waals surface area contributed by atoms with Crippen LogP contribution in [-0.2, 0) is 18.9 Å². The molecule has 0 radical (unpaired) electrons. The van der Waals surface area contributed by atoms with Crippen LogP contribution in [-0.4, -0.2) is 14.8 Å². The maximum Gasteiger partial charge on any atom is 0.191 e. The van der Waals surface area contributed by atoms with E-state index >= 15 is 0 Å². The van der Waals surface area contributed by atoms with Crippen LogP contribution in [0.2, 0.25) is 5.02 Å². The Morgan fingerprint density at radius 2 is 2.11 bits per heavy atom. The standard InChI is InChI=1S/C19H16BrClFN3OS/c1-2-8-25-18(11-26-17-7-6-15(22)10-16(17)21)23-24-19(25)27-12-13-4-3-5-14(20)9-13/h2-7,9-10H,1,8,11-12H2. The van der Waals surface area contributed by atoms with E-state index in [1.54, 1.807) is 17.8 Å². The van der Waals surface area contributed by atoms with E-state index in [2.05, 4.69) is 44.8 Å². The third-order valence-electron chi connectivity index (χ3n) is 3.61. The molecule has 0 fully saturated rings. The minimum atomic E-state index is -0.409. The lowest BCUT2D eigenvalue weighted by molar-refractivity contribution is 0.289. The second-order valence-corrected chi connectivity index (χ2v) is 7.85. The van der Waals surface area contributed by atoms with Gasteiger partial charge >= 0.3 is 0 Å². The van der Waals surface area contributed by atoms with Crippen LogP contribution in [0.1, 0.15) is 11.4 Å². The number of nitrogens with zero attached hydrogens (tertiary/aromatic N) is 3. The van der Waals surface area contributed by atoms with Crippen molar-refractivity contribution < 1.29 is 9.13 Å². The van der Waals surface area contributed by atoms with E-state index in [1.165, 1.54) is 23.8 Å². The van der Waals surface area contributed by atoms with E-state index in [9.17, 15) is 4.39 Å². The molecule has 0 N–H and O–H groups in total.